The van der Waals surface area contributed by atoms with Crippen molar-refractivity contribution in [2.45, 2.75) is 122 Å². The van der Waals surface area contributed by atoms with Gasteiger partial charge in [-0.3, -0.25) is 0 Å². The fraction of sp³-hybridized carbons (Fsp3) is 0.676. The van der Waals surface area contributed by atoms with E-state index in [1.807, 2.05) is 14.2 Å². The van der Waals surface area contributed by atoms with Crippen molar-refractivity contribution in [3.05, 3.63) is 58.7 Å². The molecule has 0 heterocycles. The fourth-order valence-electron chi connectivity index (χ4n) is 7.06. The number of hydrogen-bond donors (Lipinski definition) is 0. The van der Waals surface area contributed by atoms with E-state index < -0.39 is 0 Å². The molecule has 0 aromatic heterocycles. The van der Waals surface area contributed by atoms with Crippen molar-refractivity contribution in [2.75, 3.05) is 27.4 Å². The van der Waals surface area contributed by atoms with Gasteiger partial charge in [0.2, 0.25) is 0 Å². The summed E-state index contributed by atoms with van der Waals surface area (Å²) in [4.78, 5) is 0. The summed E-state index contributed by atoms with van der Waals surface area (Å²) in [5, 5.41) is 0. The van der Waals surface area contributed by atoms with Gasteiger partial charge in [0.15, 0.2) is 0 Å². The number of rotatable bonds is 14. The van der Waals surface area contributed by atoms with Crippen LogP contribution in [0.25, 0.3) is 0 Å². The Labute approximate surface area is 250 Å². The average Bonchev–Trinajstić information content (AvgIpc) is 3.02. The van der Waals surface area contributed by atoms with Gasteiger partial charge < -0.3 is 18.9 Å². The molecular formula is C37H56O4. The van der Waals surface area contributed by atoms with Crippen LogP contribution in [0.2, 0.25) is 0 Å². The van der Waals surface area contributed by atoms with E-state index in [0.29, 0.717) is 25.0 Å². The lowest BCUT2D eigenvalue weighted by molar-refractivity contribution is 0.0257. The van der Waals surface area contributed by atoms with E-state index in [0.717, 1.165) is 24.3 Å². The summed E-state index contributed by atoms with van der Waals surface area (Å²) in [6.07, 6.45) is 14.8. The molecule has 2 saturated carbocycles. The predicted octanol–water partition coefficient (Wildman–Crippen LogP) is 9.93. The van der Waals surface area contributed by atoms with Crippen LogP contribution >= 0.6 is 0 Å². The second-order valence-electron chi connectivity index (χ2n) is 13.0. The number of benzene rings is 2. The standard InChI is InChI=1S/C37H56O4/c1-7-27-25-32(34(38-5)28-15-11-9-12-16-28)36(33(26-27)35(39-6)29-17-13-10-14-18-29)41-24-23-40-31-21-19-30(20-22-31)37(3,4)8-2/h19-22,25-26,28-29,34-35H,7-18,23-24H2,1-6H3. The minimum Gasteiger partial charge on any atom is -0.490 e. The van der Waals surface area contributed by atoms with Crippen molar-refractivity contribution in [3.8, 4) is 11.5 Å². The first-order valence-electron chi connectivity index (χ1n) is 16.5. The molecule has 0 aliphatic heterocycles. The molecular weight excluding hydrogens is 508 g/mol. The third kappa shape index (κ3) is 8.08. The highest BCUT2D eigenvalue weighted by molar-refractivity contribution is 5.48. The molecule has 228 valence electrons. The summed E-state index contributed by atoms with van der Waals surface area (Å²) in [5.74, 6) is 2.91. The molecule has 2 unspecified atom stereocenters. The molecule has 0 amide bonds. The highest BCUT2D eigenvalue weighted by Gasteiger charge is 2.33. The summed E-state index contributed by atoms with van der Waals surface area (Å²) in [6, 6.07) is 13.3. The second kappa shape index (κ2) is 15.4. The molecule has 4 nitrogen and oxygen atoms in total. The quantitative estimate of drug-likeness (QED) is 0.214. The maximum atomic E-state index is 6.75. The van der Waals surface area contributed by atoms with Crippen molar-refractivity contribution < 1.29 is 18.9 Å². The highest BCUT2D eigenvalue weighted by atomic mass is 16.5. The molecule has 2 aliphatic carbocycles. The van der Waals surface area contributed by atoms with Crippen molar-refractivity contribution in [1.29, 1.82) is 0 Å². The molecule has 2 aliphatic rings. The van der Waals surface area contributed by atoms with Crippen LogP contribution in [-0.4, -0.2) is 27.4 Å². The minimum absolute atomic E-state index is 0.0368. The van der Waals surface area contributed by atoms with Gasteiger partial charge in [-0.15, -0.1) is 0 Å². The van der Waals surface area contributed by atoms with E-state index in [2.05, 4.69) is 64.1 Å². The van der Waals surface area contributed by atoms with E-state index in [1.54, 1.807) is 0 Å². The fourth-order valence-corrected chi connectivity index (χ4v) is 7.06. The molecule has 4 heteroatoms. The van der Waals surface area contributed by atoms with Gasteiger partial charge in [-0.25, -0.2) is 0 Å². The third-order valence-electron chi connectivity index (χ3n) is 10.0. The van der Waals surface area contributed by atoms with Crippen molar-refractivity contribution in [2.24, 2.45) is 11.8 Å². The van der Waals surface area contributed by atoms with E-state index in [4.69, 9.17) is 18.9 Å². The van der Waals surface area contributed by atoms with E-state index in [1.165, 1.54) is 86.5 Å². The lowest BCUT2D eigenvalue weighted by Gasteiger charge is -2.34. The highest BCUT2D eigenvalue weighted by Crippen LogP contribution is 2.46. The van der Waals surface area contributed by atoms with Crippen molar-refractivity contribution >= 4 is 0 Å². The summed E-state index contributed by atoms with van der Waals surface area (Å²) in [5.41, 5.74) is 5.27. The first-order chi connectivity index (χ1) is 19.9. The van der Waals surface area contributed by atoms with Crippen LogP contribution in [0.4, 0.5) is 0 Å². The molecule has 0 bridgehead atoms. The third-order valence-corrected chi connectivity index (χ3v) is 10.0. The van der Waals surface area contributed by atoms with Crippen LogP contribution in [0.1, 0.15) is 133 Å². The number of ether oxygens (including phenoxy) is 4. The number of aryl methyl sites for hydroxylation is 1. The van der Waals surface area contributed by atoms with Gasteiger partial charge in [0.05, 0.1) is 12.2 Å². The topological polar surface area (TPSA) is 36.9 Å². The Hall–Kier alpha value is -2.04. The lowest BCUT2D eigenvalue weighted by atomic mass is 9.79. The summed E-state index contributed by atoms with van der Waals surface area (Å²) >= 11 is 0. The SMILES string of the molecule is CCc1cc(C(OC)C2CCCCC2)c(OCCOc2ccc(C(C)(C)CC)cc2)c(C(OC)C2CCCCC2)c1. The average molecular weight is 565 g/mol. The van der Waals surface area contributed by atoms with Gasteiger partial charge in [-0.05, 0) is 91.2 Å². The summed E-state index contributed by atoms with van der Waals surface area (Å²) in [7, 11) is 3.76. The van der Waals surface area contributed by atoms with Crippen LogP contribution in [0.15, 0.2) is 36.4 Å². The molecule has 0 N–H and O–H groups in total. The maximum absolute atomic E-state index is 6.75. The zero-order valence-corrected chi connectivity index (χ0v) is 26.8. The maximum Gasteiger partial charge on any atom is 0.131 e. The molecule has 0 saturated heterocycles. The van der Waals surface area contributed by atoms with Gasteiger partial charge in [-0.1, -0.05) is 78.4 Å². The smallest absolute Gasteiger partial charge is 0.131 e. The second-order valence-corrected chi connectivity index (χ2v) is 13.0. The monoisotopic (exact) mass is 564 g/mol. The normalized spacial score (nSPS) is 18.7. The van der Waals surface area contributed by atoms with Gasteiger partial charge in [0.1, 0.15) is 24.7 Å². The molecule has 2 fully saturated rings. The Bertz CT molecular complexity index is 1000. The zero-order chi connectivity index (χ0) is 29.2. The van der Waals surface area contributed by atoms with Gasteiger partial charge in [0.25, 0.3) is 0 Å². The van der Waals surface area contributed by atoms with Gasteiger partial charge >= 0.3 is 0 Å². The van der Waals surface area contributed by atoms with E-state index >= 15 is 0 Å². The molecule has 0 radical (unpaired) electrons. The largest absolute Gasteiger partial charge is 0.490 e. The Morgan fingerprint density at radius 3 is 1.63 bits per heavy atom. The van der Waals surface area contributed by atoms with Gasteiger partial charge in [-0.2, -0.15) is 0 Å². The minimum atomic E-state index is 0.0368. The van der Waals surface area contributed by atoms with Crippen molar-refractivity contribution in [1.82, 2.24) is 0 Å². The molecule has 2 atom stereocenters. The predicted molar refractivity (Wildman–Crippen MR) is 169 cm³/mol. The van der Waals surface area contributed by atoms with Crippen LogP contribution in [-0.2, 0) is 21.3 Å². The Balaban J connectivity index is 1.60. The molecule has 4 rings (SSSR count). The summed E-state index contributed by atoms with van der Waals surface area (Å²) in [6.45, 7) is 10.0. The van der Waals surface area contributed by atoms with E-state index in [-0.39, 0.29) is 17.6 Å². The van der Waals surface area contributed by atoms with E-state index in [9.17, 15) is 0 Å². The number of methoxy groups -OCH3 is 2. The Morgan fingerprint density at radius 1 is 0.707 bits per heavy atom. The van der Waals surface area contributed by atoms with Crippen LogP contribution in [0.3, 0.4) is 0 Å². The van der Waals surface area contributed by atoms with Gasteiger partial charge in [0, 0.05) is 25.3 Å². The Kier molecular flexibility index (Phi) is 12.0. The summed E-state index contributed by atoms with van der Waals surface area (Å²) < 4.78 is 25.5. The van der Waals surface area contributed by atoms with Crippen LogP contribution in [0.5, 0.6) is 11.5 Å². The van der Waals surface area contributed by atoms with Crippen LogP contribution in [0, 0.1) is 11.8 Å². The first-order valence-corrected chi connectivity index (χ1v) is 16.5. The first kappa shape index (κ1) is 31.9. The molecule has 41 heavy (non-hydrogen) atoms. The zero-order valence-electron chi connectivity index (χ0n) is 26.8. The molecule has 2 aromatic carbocycles. The van der Waals surface area contributed by atoms with Crippen molar-refractivity contribution in [3.63, 3.8) is 0 Å². The molecule has 2 aromatic rings. The number of hydrogen-bond acceptors (Lipinski definition) is 4. The lowest BCUT2D eigenvalue weighted by Crippen LogP contribution is -2.23. The Morgan fingerprint density at radius 2 is 1.20 bits per heavy atom. The van der Waals surface area contributed by atoms with Crippen LogP contribution < -0.4 is 9.47 Å². The molecule has 0 spiro atoms.